The van der Waals surface area contributed by atoms with E-state index in [0.717, 1.165) is 25.8 Å². The van der Waals surface area contributed by atoms with Crippen LogP contribution in [0, 0.1) is 11.7 Å². The molecule has 3 unspecified atom stereocenters. The third-order valence-corrected chi connectivity index (χ3v) is 5.53. The standard InChI is InChI=1S/C19H23FN6O2/c20-14-10-21-19(24-12-2-1-11-9-22-26-15(11)7-12)25-18(14)23-13-3-4-16-17(8-13)28-6-5-27-16/h3-4,8,10-12,15,22,26H,1-2,5-7,9H2,(H2,21,23,24,25). The average molecular weight is 386 g/mol. The Morgan fingerprint density at radius 3 is 2.96 bits per heavy atom. The molecule has 0 radical (unpaired) electrons. The molecule has 0 spiro atoms. The summed E-state index contributed by atoms with van der Waals surface area (Å²) in [6.07, 6.45) is 4.38. The normalized spacial score (nSPS) is 25.8. The molecule has 1 saturated heterocycles. The summed E-state index contributed by atoms with van der Waals surface area (Å²) in [5.41, 5.74) is 7.23. The number of hydrogen-bond acceptors (Lipinski definition) is 8. The summed E-state index contributed by atoms with van der Waals surface area (Å²) in [6, 6.07) is 6.12. The van der Waals surface area contributed by atoms with Crippen LogP contribution in [0.3, 0.4) is 0 Å². The lowest BCUT2D eigenvalue weighted by molar-refractivity contribution is 0.171. The first-order valence-electron chi connectivity index (χ1n) is 9.69. The van der Waals surface area contributed by atoms with Gasteiger partial charge < -0.3 is 20.1 Å². The zero-order valence-corrected chi connectivity index (χ0v) is 15.4. The monoisotopic (exact) mass is 386 g/mol. The van der Waals surface area contributed by atoms with Gasteiger partial charge in [-0.05, 0) is 37.3 Å². The Labute approximate surface area is 162 Å². The van der Waals surface area contributed by atoms with Gasteiger partial charge in [-0.3, -0.25) is 10.9 Å². The van der Waals surface area contributed by atoms with E-state index >= 15 is 0 Å². The summed E-state index contributed by atoms with van der Waals surface area (Å²) >= 11 is 0. The fraction of sp³-hybridized carbons (Fsp3) is 0.474. The summed E-state index contributed by atoms with van der Waals surface area (Å²) in [5, 5.41) is 6.37. The molecule has 28 heavy (non-hydrogen) atoms. The van der Waals surface area contributed by atoms with Crippen molar-refractivity contribution in [3.05, 3.63) is 30.2 Å². The van der Waals surface area contributed by atoms with Gasteiger partial charge in [0.25, 0.3) is 0 Å². The van der Waals surface area contributed by atoms with Crippen LogP contribution in [-0.4, -0.2) is 41.8 Å². The Balaban J connectivity index is 1.29. The van der Waals surface area contributed by atoms with E-state index in [-0.39, 0.29) is 11.9 Å². The Hall–Kier alpha value is -2.65. The molecule has 2 fully saturated rings. The Morgan fingerprint density at radius 2 is 2.04 bits per heavy atom. The van der Waals surface area contributed by atoms with Crippen molar-refractivity contribution in [2.24, 2.45) is 5.92 Å². The van der Waals surface area contributed by atoms with Gasteiger partial charge in [0, 0.05) is 30.4 Å². The van der Waals surface area contributed by atoms with Gasteiger partial charge in [0.2, 0.25) is 5.95 Å². The summed E-state index contributed by atoms with van der Waals surface area (Å²) in [4.78, 5) is 8.46. The lowest BCUT2D eigenvalue weighted by Crippen LogP contribution is -2.40. The topological polar surface area (TPSA) is 92.4 Å². The van der Waals surface area contributed by atoms with Gasteiger partial charge in [0.05, 0.1) is 6.20 Å². The van der Waals surface area contributed by atoms with E-state index < -0.39 is 5.82 Å². The molecule has 1 aromatic heterocycles. The molecule has 3 heterocycles. The van der Waals surface area contributed by atoms with Crippen molar-refractivity contribution in [3.8, 4) is 11.5 Å². The molecule has 2 aromatic rings. The van der Waals surface area contributed by atoms with Crippen LogP contribution < -0.4 is 31.0 Å². The number of aromatic nitrogens is 2. The third-order valence-electron chi connectivity index (χ3n) is 5.53. The Bertz CT molecular complexity index is 866. The Kier molecular flexibility index (Phi) is 4.61. The molecule has 148 valence electrons. The summed E-state index contributed by atoms with van der Waals surface area (Å²) < 4.78 is 25.3. The van der Waals surface area contributed by atoms with Crippen molar-refractivity contribution in [2.45, 2.75) is 31.3 Å². The van der Waals surface area contributed by atoms with Crippen LogP contribution in [0.1, 0.15) is 19.3 Å². The maximum atomic E-state index is 14.3. The number of nitrogens with one attached hydrogen (secondary N) is 4. The van der Waals surface area contributed by atoms with Gasteiger partial charge in [0.1, 0.15) is 13.2 Å². The highest BCUT2D eigenvalue weighted by atomic mass is 19.1. The fourth-order valence-electron chi connectivity index (χ4n) is 4.07. The van der Waals surface area contributed by atoms with E-state index in [2.05, 4.69) is 31.5 Å². The van der Waals surface area contributed by atoms with Crippen molar-refractivity contribution >= 4 is 17.5 Å². The van der Waals surface area contributed by atoms with Crippen molar-refractivity contribution in [1.29, 1.82) is 0 Å². The van der Waals surface area contributed by atoms with Crippen LogP contribution in [0.4, 0.5) is 21.8 Å². The molecule has 1 saturated carbocycles. The van der Waals surface area contributed by atoms with Crippen molar-refractivity contribution in [2.75, 3.05) is 30.4 Å². The van der Waals surface area contributed by atoms with E-state index in [1.54, 1.807) is 12.1 Å². The second kappa shape index (κ2) is 7.40. The molecule has 9 heteroatoms. The van der Waals surface area contributed by atoms with Gasteiger partial charge in [-0.1, -0.05) is 0 Å². The fourth-order valence-corrected chi connectivity index (χ4v) is 4.07. The molecular formula is C19H23FN6O2. The SMILES string of the molecule is Fc1cnc(NC2CCC3CNNC3C2)nc1Nc1ccc2c(c1)OCCO2. The van der Waals surface area contributed by atoms with Crippen LogP contribution in [0.25, 0.3) is 0 Å². The van der Waals surface area contributed by atoms with E-state index in [1.165, 1.54) is 6.20 Å². The predicted molar refractivity (Wildman–Crippen MR) is 102 cm³/mol. The van der Waals surface area contributed by atoms with E-state index in [4.69, 9.17) is 9.47 Å². The van der Waals surface area contributed by atoms with Gasteiger partial charge in [0.15, 0.2) is 23.1 Å². The minimum atomic E-state index is -0.509. The largest absolute Gasteiger partial charge is 0.486 e. The van der Waals surface area contributed by atoms with Gasteiger partial charge in [-0.25, -0.2) is 9.37 Å². The third kappa shape index (κ3) is 3.55. The summed E-state index contributed by atoms with van der Waals surface area (Å²) in [7, 11) is 0. The molecular weight excluding hydrogens is 363 g/mol. The molecule has 0 bridgehead atoms. The first-order chi connectivity index (χ1) is 13.7. The van der Waals surface area contributed by atoms with Crippen molar-refractivity contribution in [1.82, 2.24) is 20.8 Å². The van der Waals surface area contributed by atoms with Crippen LogP contribution in [0.15, 0.2) is 24.4 Å². The smallest absolute Gasteiger partial charge is 0.225 e. The predicted octanol–water partition coefficient (Wildman–Crippen LogP) is 2.19. The maximum absolute atomic E-state index is 14.3. The number of anilines is 3. The number of benzene rings is 1. The number of hydrazine groups is 1. The van der Waals surface area contributed by atoms with Gasteiger partial charge in [-0.15, -0.1) is 0 Å². The average Bonchev–Trinajstić information content (AvgIpc) is 3.18. The molecule has 3 aliphatic rings. The van der Waals surface area contributed by atoms with Crippen LogP contribution >= 0.6 is 0 Å². The molecule has 1 aliphatic carbocycles. The van der Waals surface area contributed by atoms with Crippen LogP contribution in [0.2, 0.25) is 0 Å². The molecule has 8 nitrogen and oxygen atoms in total. The molecule has 2 aliphatic heterocycles. The number of halogens is 1. The lowest BCUT2D eigenvalue weighted by Gasteiger charge is -2.31. The van der Waals surface area contributed by atoms with Crippen molar-refractivity contribution in [3.63, 3.8) is 0 Å². The molecule has 0 amide bonds. The summed E-state index contributed by atoms with van der Waals surface area (Å²) in [6.45, 7) is 2.05. The number of hydrogen-bond donors (Lipinski definition) is 4. The first kappa shape index (κ1) is 17.4. The second-order valence-electron chi connectivity index (χ2n) is 7.42. The Morgan fingerprint density at radius 1 is 1.14 bits per heavy atom. The molecule has 3 atom stereocenters. The molecule has 5 rings (SSSR count). The van der Waals surface area contributed by atoms with E-state index in [0.29, 0.717) is 48.3 Å². The summed E-state index contributed by atoms with van der Waals surface area (Å²) in [5.74, 6) is 2.05. The van der Waals surface area contributed by atoms with Crippen LogP contribution in [-0.2, 0) is 0 Å². The van der Waals surface area contributed by atoms with Crippen molar-refractivity contribution < 1.29 is 13.9 Å². The maximum Gasteiger partial charge on any atom is 0.225 e. The highest BCUT2D eigenvalue weighted by Crippen LogP contribution is 2.34. The zero-order chi connectivity index (χ0) is 18.9. The van der Waals surface area contributed by atoms with Gasteiger partial charge in [-0.2, -0.15) is 4.98 Å². The van der Waals surface area contributed by atoms with E-state index in [1.807, 2.05) is 6.07 Å². The number of nitrogens with zero attached hydrogens (tertiary/aromatic N) is 2. The number of fused-ring (bicyclic) bond motifs is 2. The molecule has 1 aromatic carbocycles. The van der Waals surface area contributed by atoms with E-state index in [9.17, 15) is 4.39 Å². The minimum absolute atomic E-state index is 0.128. The number of ether oxygens (including phenoxy) is 2. The quantitative estimate of drug-likeness (QED) is 0.636. The second-order valence-corrected chi connectivity index (χ2v) is 7.42. The zero-order valence-electron chi connectivity index (χ0n) is 15.4. The first-order valence-corrected chi connectivity index (χ1v) is 9.69. The minimum Gasteiger partial charge on any atom is -0.486 e. The van der Waals surface area contributed by atoms with Crippen LogP contribution in [0.5, 0.6) is 11.5 Å². The van der Waals surface area contributed by atoms with Gasteiger partial charge >= 0.3 is 0 Å². The molecule has 4 N–H and O–H groups in total. The highest BCUT2D eigenvalue weighted by molar-refractivity contribution is 5.62. The number of rotatable bonds is 4. The lowest BCUT2D eigenvalue weighted by atomic mass is 9.83. The highest BCUT2D eigenvalue weighted by Gasteiger charge is 2.34.